The molecule has 1 fully saturated rings. The highest BCUT2D eigenvalue weighted by atomic mass is 19.1. The minimum absolute atomic E-state index is 0.0669. The summed E-state index contributed by atoms with van der Waals surface area (Å²) in [5.74, 6) is -1.28. The number of carbonyl (C=O) groups is 2. The molecule has 148 valence electrons. The fourth-order valence-corrected chi connectivity index (χ4v) is 3.33. The van der Waals surface area contributed by atoms with Gasteiger partial charge in [-0.15, -0.1) is 0 Å². The molecule has 0 radical (unpaired) electrons. The number of Topliss-reactive ketones (excluding diaryl/α,β-unsaturated/α-hetero) is 1. The molecule has 1 aromatic heterocycles. The Kier molecular flexibility index (Phi) is 5.65. The van der Waals surface area contributed by atoms with Crippen LogP contribution in [0.25, 0.3) is 5.76 Å². The Morgan fingerprint density at radius 2 is 2.00 bits per heavy atom. The smallest absolute Gasteiger partial charge is 0.295 e. The van der Waals surface area contributed by atoms with E-state index in [0.29, 0.717) is 30.1 Å². The van der Waals surface area contributed by atoms with Crippen molar-refractivity contribution in [2.24, 2.45) is 0 Å². The summed E-state index contributed by atoms with van der Waals surface area (Å²) in [6.45, 7) is 4.00. The standard InChI is InChI=1S/C21H22FNO5/c1-12-11-14(6-7-15(12)22)19(24)17-18(16-8-5-13(2)28-16)23(9-4-10-27-3)21(26)20(17)25/h5-8,11,18,24H,4,9-10H2,1-3H3/b19-17-. The van der Waals surface area contributed by atoms with E-state index in [4.69, 9.17) is 9.15 Å². The van der Waals surface area contributed by atoms with Gasteiger partial charge in [-0.2, -0.15) is 0 Å². The van der Waals surface area contributed by atoms with Gasteiger partial charge in [0.2, 0.25) is 0 Å². The molecule has 1 amide bonds. The number of ketones is 1. The SMILES string of the molecule is COCCCN1C(=O)C(=O)/C(=C(\O)c2ccc(F)c(C)c2)C1c1ccc(C)o1. The van der Waals surface area contributed by atoms with Gasteiger partial charge in [-0.3, -0.25) is 9.59 Å². The maximum Gasteiger partial charge on any atom is 0.295 e. The van der Waals surface area contributed by atoms with Crippen molar-refractivity contribution in [1.29, 1.82) is 0 Å². The molecule has 1 unspecified atom stereocenters. The van der Waals surface area contributed by atoms with Gasteiger partial charge < -0.3 is 19.2 Å². The molecule has 1 aromatic carbocycles. The van der Waals surface area contributed by atoms with Gasteiger partial charge in [0.25, 0.3) is 11.7 Å². The van der Waals surface area contributed by atoms with Crippen LogP contribution in [-0.2, 0) is 14.3 Å². The predicted octanol–water partition coefficient (Wildman–Crippen LogP) is 3.49. The van der Waals surface area contributed by atoms with Crippen molar-refractivity contribution in [3.8, 4) is 0 Å². The molecule has 0 aliphatic carbocycles. The number of carbonyl (C=O) groups excluding carboxylic acids is 2. The van der Waals surface area contributed by atoms with Crippen molar-refractivity contribution in [2.45, 2.75) is 26.3 Å². The number of hydrogen-bond donors (Lipinski definition) is 1. The van der Waals surface area contributed by atoms with Crippen molar-refractivity contribution in [3.63, 3.8) is 0 Å². The van der Waals surface area contributed by atoms with Crippen LogP contribution in [0, 0.1) is 19.7 Å². The van der Waals surface area contributed by atoms with Crippen molar-refractivity contribution in [3.05, 3.63) is 64.4 Å². The molecule has 28 heavy (non-hydrogen) atoms. The lowest BCUT2D eigenvalue weighted by Gasteiger charge is -2.23. The van der Waals surface area contributed by atoms with Crippen LogP contribution in [0.5, 0.6) is 0 Å². The number of methoxy groups -OCH3 is 1. The molecule has 3 rings (SSSR count). The maximum atomic E-state index is 13.6. The molecule has 0 saturated carbocycles. The lowest BCUT2D eigenvalue weighted by atomic mass is 9.98. The predicted molar refractivity (Wildman–Crippen MR) is 100 cm³/mol. The van der Waals surface area contributed by atoms with Crippen LogP contribution in [0.2, 0.25) is 0 Å². The average Bonchev–Trinajstić information content (AvgIpc) is 3.19. The lowest BCUT2D eigenvalue weighted by molar-refractivity contribution is -0.140. The van der Waals surface area contributed by atoms with Gasteiger partial charge in [-0.25, -0.2) is 4.39 Å². The number of amides is 1. The zero-order valence-corrected chi connectivity index (χ0v) is 16.0. The number of aliphatic hydroxyl groups is 1. The molecule has 0 spiro atoms. The van der Waals surface area contributed by atoms with E-state index in [0.717, 1.165) is 0 Å². The van der Waals surface area contributed by atoms with Crippen LogP contribution < -0.4 is 0 Å². The van der Waals surface area contributed by atoms with Gasteiger partial charge in [0.1, 0.15) is 29.1 Å². The third-order valence-electron chi connectivity index (χ3n) is 4.75. The number of aliphatic hydroxyl groups excluding tert-OH is 1. The van der Waals surface area contributed by atoms with Gasteiger partial charge in [0.15, 0.2) is 0 Å². The summed E-state index contributed by atoms with van der Waals surface area (Å²) in [7, 11) is 1.55. The molecule has 0 bridgehead atoms. The van der Waals surface area contributed by atoms with Crippen LogP contribution in [0.15, 0.2) is 40.3 Å². The average molecular weight is 387 g/mol. The second-order valence-corrected chi connectivity index (χ2v) is 6.75. The lowest BCUT2D eigenvalue weighted by Crippen LogP contribution is -2.31. The van der Waals surface area contributed by atoms with Gasteiger partial charge in [0.05, 0.1) is 5.57 Å². The number of aryl methyl sites for hydroxylation is 2. The highest BCUT2D eigenvalue weighted by molar-refractivity contribution is 6.46. The number of ether oxygens (including phenoxy) is 1. The van der Waals surface area contributed by atoms with Crippen LogP contribution in [-0.4, -0.2) is 42.0 Å². The molecule has 1 atom stereocenters. The Labute approximate surface area is 162 Å². The van der Waals surface area contributed by atoms with Crippen LogP contribution >= 0.6 is 0 Å². The molecular weight excluding hydrogens is 365 g/mol. The number of benzene rings is 1. The first-order chi connectivity index (χ1) is 13.3. The topological polar surface area (TPSA) is 80.0 Å². The summed E-state index contributed by atoms with van der Waals surface area (Å²) in [6, 6.07) is 6.58. The summed E-state index contributed by atoms with van der Waals surface area (Å²) >= 11 is 0. The Bertz CT molecular complexity index is 946. The largest absolute Gasteiger partial charge is 0.507 e. The first kappa shape index (κ1) is 19.8. The van der Waals surface area contributed by atoms with Gasteiger partial charge in [0, 0.05) is 25.8 Å². The minimum atomic E-state index is -0.851. The quantitative estimate of drug-likeness (QED) is 0.355. The van der Waals surface area contributed by atoms with E-state index < -0.39 is 23.5 Å². The molecular formula is C21H22FNO5. The number of furan rings is 1. The summed E-state index contributed by atoms with van der Waals surface area (Å²) < 4.78 is 24.3. The van der Waals surface area contributed by atoms with E-state index in [1.807, 2.05) is 0 Å². The van der Waals surface area contributed by atoms with E-state index in [1.165, 1.54) is 23.1 Å². The third kappa shape index (κ3) is 3.57. The second-order valence-electron chi connectivity index (χ2n) is 6.75. The normalized spacial score (nSPS) is 18.9. The molecule has 7 heteroatoms. The molecule has 2 heterocycles. The van der Waals surface area contributed by atoms with E-state index in [2.05, 4.69) is 0 Å². The Morgan fingerprint density at radius 3 is 2.61 bits per heavy atom. The summed E-state index contributed by atoms with van der Waals surface area (Å²) in [6.07, 6.45) is 0.523. The third-order valence-corrected chi connectivity index (χ3v) is 4.75. The fourth-order valence-electron chi connectivity index (χ4n) is 3.33. The summed E-state index contributed by atoms with van der Waals surface area (Å²) in [4.78, 5) is 26.8. The van der Waals surface area contributed by atoms with E-state index >= 15 is 0 Å². The van der Waals surface area contributed by atoms with Crippen LogP contribution in [0.4, 0.5) is 4.39 Å². The summed E-state index contributed by atoms with van der Waals surface area (Å²) in [5.41, 5.74) is 0.522. The van der Waals surface area contributed by atoms with Crippen molar-refractivity contribution in [1.82, 2.24) is 4.90 Å². The molecule has 1 aliphatic rings. The number of nitrogens with zero attached hydrogens (tertiary/aromatic N) is 1. The minimum Gasteiger partial charge on any atom is -0.507 e. The molecule has 1 saturated heterocycles. The van der Waals surface area contributed by atoms with Crippen molar-refractivity contribution in [2.75, 3.05) is 20.3 Å². The molecule has 1 N–H and O–H groups in total. The number of hydrogen-bond acceptors (Lipinski definition) is 5. The van der Waals surface area contributed by atoms with Crippen LogP contribution in [0.3, 0.4) is 0 Å². The highest BCUT2D eigenvalue weighted by Gasteiger charge is 2.47. The second kappa shape index (κ2) is 7.98. The van der Waals surface area contributed by atoms with Gasteiger partial charge in [-0.05, 0) is 56.2 Å². The van der Waals surface area contributed by atoms with Gasteiger partial charge in [-0.1, -0.05) is 0 Å². The van der Waals surface area contributed by atoms with E-state index in [9.17, 15) is 19.1 Å². The fraction of sp³-hybridized carbons (Fsp3) is 0.333. The van der Waals surface area contributed by atoms with Crippen molar-refractivity contribution >= 4 is 17.4 Å². The Morgan fingerprint density at radius 1 is 1.25 bits per heavy atom. The highest BCUT2D eigenvalue weighted by Crippen LogP contribution is 2.40. The van der Waals surface area contributed by atoms with Gasteiger partial charge >= 0.3 is 0 Å². The monoisotopic (exact) mass is 387 g/mol. The number of halogens is 1. The maximum absolute atomic E-state index is 13.6. The zero-order chi connectivity index (χ0) is 20.4. The molecule has 6 nitrogen and oxygen atoms in total. The Hall–Kier alpha value is -2.93. The number of likely N-dealkylation sites (tertiary alicyclic amines) is 1. The molecule has 2 aromatic rings. The van der Waals surface area contributed by atoms with Crippen molar-refractivity contribution < 1.29 is 28.2 Å². The Balaban J connectivity index is 2.11. The van der Waals surface area contributed by atoms with Crippen LogP contribution in [0.1, 0.15) is 35.1 Å². The first-order valence-corrected chi connectivity index (χ1v) is 8.95. The number of rotatable bonds is 6. The van der Waals surface area contributed by atoms with E-state index in [-0.39, 0.29) is 23.4 Å². The summed E-state index contributed by atoms with van der Waals surface area (Å²) in [5, 5.41) is 10.8. The zero-order valence-electron chi connectivity index (χ0n) is 16.0. The first-order valence-electron chi connectivity index (χ1n) is 8.95. The molecule has 1 aliphatic heterocycles. The van der Waals surface area contributed by atoms with E-state index in [1.54, 1.807) is 33.1 Å².